The molecule has 0 spiro atoms. The summed E-state index contributed by atoms with van der Waals surface area (Å²) in [5, 5.41) is 0. The van der Waals surface area contributed by atoms with Gasteiger partial charge in [-0.25, -0.2) is 0 Å². The zero-order chi connectivity index (χ0) is 13.2. The third-order valence-electron chi connectivity index (χ3n) is 5.02. The highest BCUT2D eigenvalue weighted by Gasteiger charge is 2.31. The first-order valence-electron chi connectivity index (χ1n) is 7.99. The molecule has 0 aromatic rings. The summed E-state index contributed by atoms with van der Waals surface area (Å²) in [6.07, 6.45) is 6.89. The molecule has 19 heavy (non-hydrogen) atoms. The monoisotopic (exact) mass is 265 g/mol. The fraction of sp³-hybridized carbons (Fsp3) is 0.933. The van der Waals surface area contributed by atoms with Crippen LogP contribution < -0.4 is 5.73 Å². The predicted octanol–water partition coefficient (Wildman–Crippen LogP) is 1.06. The van der Waals surface area contributed by atoms with Gasteiger partial charge >= 0.3 is 0 Å². The molecule has 1 aliphatic heterocycles. The Bertz CT molecular complexity index is 313. The first-order chi connectivity index (χ1) is 9.22. The van der Waals surface area contributed by atoms with Crippen molar-refractivity contribution < 1.29 is 4.79 Å². The van der Waals surface area contributed by atoms with Crippen molar-refractivity contribution in [2.75, 3.05) is 32.7 Å². The van der Waals surface area contributed by atoms with Crippen molar-refractivity contribution in [2.45, 2.75) is 44.6 Å². The molecule has 3 rings (SSSR count). The minimum Gasteiger partial charge on any atom is -0.340 e. The van der Waals surface area contributed by atoms with Gasteiger partial charge in [0.25, 0.3) is 0 Å². The Kier molecular flexibility index (Phi) is 4.08. The van der Waals surface area contributed by atoms with Crippen molar-refractivity contribution in [1.82, 2.24) is 9.80 Å². The molecule has 1 saturated heterocycles. The van der Waals surface area contributed by atoms with Crippen molar-refractivity contribution in [3.05, 3.63) is 0 Å². The van der Waals surface area contributed by atoms with Crippen LogP contribution in [0.3, 0.4) is 0 Å². The summed E-state index contributed by atoms with van der Waals surface area (Å²) < 4.78 is 0. The van der Waals surface area contributed by atoms with E-state index in [1.807, 2.05) is 0 Å². The summed E-state index contributed by atoms with van der Waals surface area (Å²) in [5.41, 5.74) is 5.91. The highest BCUT2D eigenvalue weighted by molar-refractivity contribution is 5.79. The van der Waals surface area contributed by atoms with Gasteiger partial charge in [0.05, 0.1) is 0 Å². The van der Waals surface area contributed by atoms with Gasteiger partial charge in [-0.15, -0.1) is 0 Å². The Morgan fingerprint density at radius 3 is 2.16 bits per heavy atom. The van der Waals surface area contributed by atoms with E-state index in [1.54, 1.807) is 0 Å². The molecule has 108 valence electrons. The Balaban J connectivity index is 1.43. The van der Waals surface area contributed by atoms with E-state index in [0.717, 1.165) is 57.8 Å². The Morgan fingerprint density at radius 2 is 1.58 bits per heavy atom. The first kappa shape index (κ1) is 13.4. The average molecular weight is 265 g/mol. The number of carbonyl (C=O) groups excluding carboxylic acids is 1. The fourth-order valence-electron chi connectivity index (χ4n) is 3.44. The second-order valence-corrected chi connectivity index (χ2v) is 6.68. The van der Waals surface area contributed by atoms with Crippen LogP contribution in [0.15, 0.2) is 0 Å². The van der Waals surface area contributed by atoms with Gasteiger partial charge in [0.1, 0.15) is 0 Å². The number of piperazine rings is 1. The summed E-state index contributed by atoms with van der Waals surface area (Å²) in [4.78, 5) is 17.1. The van der Waals surface area contributed by atoms with E-state index < -0.39 is 0 Å². The number of carbonyl (C=O) groups is 1. The van der Waals surface area contributed by atoms with E-state index in [1.165, 1.54) is 19.4 Å². The van der Waals surface area contributed by atoms with Gasteiger partial charge < -0.3 is 10.6 Å². The molecule has 0 aromatic heterocycles. The van der Waals surface area contributed by atoms with Gasteiger partial charge in [-0.05, 0) is 44.4 Å². The number of rotatable bonds is 3. The van der Waals surface area contributed by atoms with Crippen LogP contribution in [-0.4, -0.2) is 54.5 Å². The van der Waals surface area contributed by atoms with Gasteiger partial charge in [0, 0.05) is 44.7 Å². The number of hydrogen-bond acceptors (Lipinski definition) is 3. The van der Waals surface area contributed by atoms with Crippen LogP contribution >= 0.6 is 0 Å². The lowest BCUT2D eigenvalue weighted by molar-refractivity contribution is -0.138. The molecule has 3 fully saturated rings. The highest BCUT2D eigenvalue weighted by Crippen LogP contribution is 2.30. The van der Waals surface area contributed by atoms with Crippen LogP contribution in [0, 0.1) is 11.8 Å². The maximum atomic E-state index is 12.5. The molecule has 1 heterocycles. The van der Waals surface area contributed by atoms with Crippen LogP contribution in [0.2, 0.25) is 0 Å². The number of nitrogens with zero attached hydrogens (tertiary/aromatic N) is 2. The molecule has 0 atom stereocenters. The van der Waals surface area contributed by atoms with Gasteiger partial charge in [-0.3, -0.25) is 9.69 Å². The lowest BCUT2D eigenvalue weighted by Gasteiger charge is -2.37. The largest absolute Gasteiger partial charge is 0.340 e. The third-order valence-corrected chi connectivity index (χ3v) is 5.02. The van der Waals surface area contributed by atoms with Crippen LogP contribution in [0.1, 0.15) is 38.5 Å². The molecular formula is C15H27N3O. The second kappa shape index (κ2) is 5.80. The van der Waals surface area contributed by atoms with Crippen molar-refractivity contribution >= 4 is 5.91 Å². The Hall–Kier alpha value is -0.610. The second-order valence-electron chi connectivity index (χ2n) is 6.68. The molecule has 2 saturated carbocycles. The smallest absolute Gasteiger partial charge is 0.225 e. The molecule has 0 aromatic carbocycles. The fourth-order valence-corrected chi connectivity index (χ4v) is 3.44. The van der Waals surface area contributed by atoms with Gasteiger partial charge in [0.15, 0.2) is 0 Å². The van der Waals surface area contributed by atoms with Crippen LogP contribution in [0.25, 0.3) is 0 Å². The van der Waals surface area contributed by atoms with Crippen molar-refractivity contribution in [1.29, 1.82) is 0 Å². The maximum absolute atomic E-state index is 12.5. The molecule has 4 nitrogen and oxygen atoms in total. The minimum atomic E-state index is 0.259. The van der Waals surface area contributed by atoms with Gasteiger partial charge in [0.2, 0.25) is 5.91 Å². The highest BCUT2D eigenvalue weighted by atomic mass is 16.2. The number of amides is 1. The molecule has 2 aliphatic carbocycles. The van der Waals surface area contributed by atoms with Crippen molar-refractivity contribution in [2.24, 2.45) is 17.6 Å². The Labute approximate surface area is 116 Å². The van der Waals surface area contributed by atoms with E-state index >= 15 is 0 Å². The molecule has 0 bridgehead atoms. The van der Waals surface area contributed by atoms with Crippen molar-refractivity contribution in [3.8, 4) is 0 Å². The Morgan fingerprint density at radius 1 is 0.947 bits per heavy atom. The summed E-state index contributed by atoms with van der Waals surface area (Å²) in [5.74, 6) is 1.62. The molecular weight excluding hydrogens is 238 g/mol. The number of nitrogens with two attached hydrogens (primary N) is 1. The molecule has 3 aliphatic rings. The van der Waals surface area contributed by atoms with E-state index in [0.29, 0.717) is 11.9 Å². The lowest BCUT2D eigenvalue weighted by atomic mass is 9.85. The van der Waals surface area contributed by atoms with Crippen LogP contribution in [-0.2, 0) is 4.79 Å². The topological polar surface area (TPSA) is 49.6 Å². The maximum Gasteiger partial charge on any atom is 0.225 e. The summed E-state index contributed by atoms with van der Waals surface area (Å²) >= 11 is 0. The molecule has 0 radical (unpaired) electrons. The quantitative estimate of drug-likeness (QED) is 0.830. The van der Waals surface area contributed by atoms with Gasteiger partial charge in [-0.1, -0.05) is 0 Å². The lowest BCUT2D eigenvalue weighted by Crippen LogP contribution is -2.51. The van der Waals surface area contributed by atoms with E-state index in [2.05, 4.69) is 9.80 Å². The third kappa shape index (κ3) is 3.48. The summed E-state index contributed by atoms with van der Waals surface area (Å²) in [7, 11) is 0. The van der Waals surface area contributed by atoms with Crippen molar-refractivity contribution in [3.63, 3.8) is 0 Å². The van der Waals surface area contributed by atoms with E-state index in [4.69, 9.17) is 5.73 Å². The molecule has 0 unspecified atom stereocenters. The van der Waals surface area contributed by atoms with Crippen LogP contribution in [0.4, 0.5) is 0 Å². The summed E-state index contributed by atoms with van der Waals surface area (Å²) in [6, 6.07) is 0.333. The predicted molar refractivity (Wildman–Crippen MR) is 75.7 cm³/mol. The minimum absolute atomic E-state index is 0.259. The summed E-state index contributed by atoms with van der Waals surface area (Å²) in [6.45, 7) is 5.30. The molecule has 1 amide bonds. The molecule has 4 heteroatoms. The van der Waals surface area contributed by atoms with Gasteiger partial charge in [-0.2, -0.15) is 0 Å². The normalized spacial score (nSPS) is 33.4. The zero-order valence-corrected chi connectivity index (χ0v) is 11.9. The standard InChI is InChI=1S/C15H27N3O/c16-14-5-3-13(4-6-14)15(19)18-9-7-17(8-10-18)11-12-1-2-12/h12-14H,1-11,16H2. The first-order valence-corrected chi connectivity index (χ1v) is 7.99. The SMILES string of the molecule is NC1CCC(C(=O)N2CCN(CC3CC3)CC2)CC1. The average Bonchev–Trinajstić information content (AvgIpc) is 3.24. The van der Waals surface area contributed by atoms with Crippen LogP contribution in [0.5, 0.6) is 0 Å². The van der Waals surface area contributed by atoms with E-state index in [-0.39, 0.29) is 5.92 Å². The number of hydrogen-bond donors (Lipinski definition) is 1. The van der Waals surface area contributed by atoms with E-state index in [9.17, 15) is 4.79 Å². The molecule has 2 N–H and O–H groups in total. The zero-order valence-electron chi connectivity index (χ0n) is 11.9.